The summed E-state index contributed by atoms with van der Waals surface area (Å²) in [6.07, 6.45) is 0. The Morgan fingerprint density at radius 3 is 2.29 bits per heavy atom. The van der Waals surface area contributed by atoms with E-state index in [1.807, 2.05) is 61.5 Å². The van der Waals surface area contributed by atoms with E-state index in [9.17, 15) is 4.79 Å². The van der Waals surface area contributed by atoms with Crippen molar-refractivity contribution in [1.29, 1.82) is 0 Å². The molecule has 110 valence electrons. The van der Waals surface area contributed by atoms with Crippen LogP contribution in [-0.2, 0) is 15.1 Å². The Hall–Kier alpha value is -2.29. The predicted octanol–water partition coefficient (Wildman–Crippen LogP) is 3.85. The third-order valence-corrected chi connectivity index (χ3v) is 3.40. The first-order valence-corrected chi connectivity index (χ1v) is 7.05. The number of para-hydroxylation sites is 1. The van der Waals surface area contributed by atoms with Gasteiger partial charge in [0.15, 0.2) is 0 Å². The predicted molar refractivity (Wildman–Crippen MR) is 82.2 cm³/mol. The highest BCUT2D eigenvalue weighted by Gasteiger charge is 2.39. The smallest absolute Gasteiger partial charge is 0.354 e. The maximum atomic E-state index is 12.4. The van der Waals surface area contributed by atoms with Crippen molar-refractivity contribution in [1.82, 2.24) is 0 Å². The third kappa shape index (κ3) is 3.24. The summed E-state index contributed by atoms with van der Waals surface area (Å²) in [7, 11) is 0. The van der Waals surface area contributed by atoms with Gasteiger partial charge in [-0.25, -0.2) is 4.79 Å². The summed E-state index contributed by atoms with van der Waals surface area (Å²) in [5.41, 5.74) is 0.583. The fourth-order valence-corrected chi connectivity index (χ4v) is 2.13. The van der Waals surface area contributed by atoms with Gasteiger partial charge in [-0.05, 0) is 32.4 Å². The minimum absolute atomic E-state index is 0.318. The van der Waals surface area contributed by atoms with Gasteiger partial charge < -0.3 is 9.47 Å². The molecule has 0 spiro atoms. The van der Waals surface area contributed by atoms with Crippen molar-refractivity contribution in [2.75, 3.05) is 6.61 Å². The monoisotopic (exact) mass is 284 g/mol. The number of hydrogen-bond acceptors (Lipinski definition) is 3. The number of rotatable bonds is 5. The van der Waals surface area contributed by atoms with Crippen LogP contribution in [0, 0.1) is 6.92 Å². The summed E-state index contributed by atoms with van der Waals surface area (Å²) in [6, 6.07) is 17.0. The summed E-state index contributed by atoms with van der Waals surface area (Å²) in [5, 5.41) is 0. The lowest BCUT2D eigenvalue weighted by atomic mass is 9.95. The third-order valence-electron chi connectivity index (χ3n) is 3.40. The van der Waals surface area contributed by atoms with Crippen molar-refractivity contribution in [3.05, 3.63) is 65.7 Å². The summed E-state index contributed by atoms with van der Waals surface area (Å²) < 4.78 is 11.3. The van der Waals surface area contributed by atoms with Crippen molar-refractivity contribution in [3.8, 4) is 5.75 Å². The van der Waals surface area contributed by atoms with Crippen LogP contribution in [0.25, 0.3) is 0 Å². The molecule has 2 rings (SSSR count). The lowest BCUT2D eigenvalue weighted by Gasteiger charge is -2.29. The Balaban J connectivity index is 2.42. The molecule has 0 aliphatic heterocycles. The first-order valence-electron chi connectivity index (χ1n) is 7.05. The van der Waals surface area contributed by atoms with Crippen LogP contribution in [0.5, 0.6) is 5.75 Å². The van der Waals surface area contributed by atoms with Gasteiger partial charge in [-0.2, -0.15) is 0 Å². The van der Waals surface area contributed by atoms with Gasteiger partial charge in [0.05, 0.1) is 6.61 Å². The van der Waals surface area contributed by atoms with Crippen LogP contribution in [0.15, 0.2) is 54.6 Å². The molecule has 0 amide bonds. The van der Waals surface area contributed by atoms with Crippen LogP contribution in [-0.4, -0.2) is 12.6 Å². The van der Waals surface area contributed by atoms with E-state index in [0.29, 0.717) is 12.4 Å². The van der Waals surface area contributed by atoms with Crippen molar-refractivity contribution in [3.63, 3.8) is 0 Å². The molecule has 0 aromatic heterocycles. The molecule has 0 aliphatic carbocycles. The number of esters is 1. The van der Waals surface area contributed by atoms with Gasteiger partial charge in [-0.3, -0.25) is 0 Å². The second-order valence-electron chi connectivity index (χ2n) is 4.99. The molecule has 0 bridgehead atoms. The number of carbonyl (C=O) groups excluding carboxylic acids is 1. The Morgan fingerprint density at radius 1 is 1.05 bits per heavy atom. The molecular formula is C18H20O3. The van der Waals surface area contributed by atoms with Gasteiger partial charge in [0.1, 0.15) is 5.75 Å². The Morgan fingerprint density at radius 2 is 1.67 bits per heavy atom. The molecule has 2 aromatic rings. The van der Waals surface area contributed by atoms with Crippen molar-refractivity contribution < 1.29 is 14.3 Å². The fraction of sp³-hybridized carbons (Fsp3) is 0.278. The van der Waals surface area contributed by atoms with E-state index in [1.54, 1.807) is 13.8 Å². The molecule has 0 N–H and O–H groups in total. The lowest BCUT2D eigenvalue weighted by molar-refractivity contribution is -0.161. The standard InChI is InChI=1S/C18H20O3/c1-4-20-17(19)18(3,15-11-6-5-7-12-15)21-16-13-9-8-10-14(16)2/h5-13H,4H2,1-3H3/t18-/m0/s1. The van der Waals surface area contributed by atoms with E-state index in [0.717, 1.165) is 11.1 Å². The molecular weight excluding hydrogens is 264 g/mol. The molecule has 0 heterocycles. The largest absolute Gasteiger partial charge is 0.471 e. The van der Waals surface area contributed by atoms with Gasteiger partial charge in [0, 0.05) is 5.56 Å². The SMILES string of the molecule is CCOC(=O)[C@@](C)(Oc1ccccc1C)c1ccccc1. The maximum Gasteiger partial charge on any atom is 0.354 e. The molecule has 0 radical (unpaired) electrons. The highest BCUT2D eigenvalue weighted by Crippen LogP contribution is 2.31. The molecule has 0 fully saturated rings. The van der Waals surface area contributed by atoms with Crippen molar-refractivity contribution >= 4 is 5.97 Å². The fourth-order valence-electron chi connectivity index (χ4n) is 2.13. The van der Waals surface area contributed by atoms with Crippen LogP contribution in [0.1, 0.15) is 25.0 Å². The lowest BCUT2D eigenvalue weighted by Crippen LogP contribution is -2.40. The average Bonchev–Trinajstić information content (AvgIpc) is 2.50. The van der Waals surface area contributed by atoms with Crippen molar-refractivity contribution in [2.45, 2.75) is 26.4 Å². The van der Waals surface area contributed by atoms with E-state index >= 15 is 0 Å². The van der Waals surface area contributed by atoms with E-state index < -0.39 is 5.60 Å². The second kappa shape index (κ2) is 6.44. The number of ether oxygens (including phenoxy) is 2. The minimum atomic E-state index is -1.16. The number of benzene rings is 2. The molecule has 0 saturated heterocycles. The number of carbonyl (C=O) groups is 1. The van der Waals surface area contributed by atoms with E-state index in [-0.39, 0.29) is 5.97 Å². The Labute approximate surface area is 125 Å². The molecule has 3 heteroatoms. The van der Waals surface area contributed by atoms with Crippen LogP contribution < -0.4 is 4.74 Å². The number of aryl methyl sites for hydroxylation is 1. The molecule has 2 aromatic carbocycles. The quantitative estimate of drug-likeness (QED) is 0.782. The van der Waals surface area contributed by atoms with Crippen molar-refractivity contribution in [2.24, 2.45) is 0 Å². The van der Waals surface area contributed by atoms with Gasteiger partial charge in [0.2, 0.25) is 5.60 Å². The number of hydrogen-bond donors (Lipinski definition) is 0. The highest BCUT2D eigenvalue weighted by atomic mass is 16.6. The molecule has 0 unspecified atom stereocenters. The van der Waals surface area contributed by atoms with Gasteiger partial charge in [-0.15, -0.1) is 0 Å². The minimum Gasteiger partial charge on any atom is -0.471 e. The molecule has 21 heavy (non-hydrogen) atoms. The Kier molecular flexibility index (Phi) is 4.63. The zero-order chi connectivity index (χ0) is 15.3. The van der Waals surface area contributed by atoms with E-state index in [2.05, 4.69) is 0 Å². The summed E-state index contributed by atoms with van der Waals surface area (Å²) >= 11 is 0. The Bertz CT molecular complexity index is 607. The van der Waals surface area contributed by atoms with Gasteiger partial charge in [-0.1, -0.05) is 48.5 Å². The first-order chi connectivity index (χ1) is 10.1. The zero-order valence-corrected chi connectivity index (χ0v) is 12.6. The molecule has 1 atom stereocenters. The van der Waals surface area contributed by atoms with Crippen LogP contribution in [0.2, 0.25) is 0 Å². The average molecular weight is 284 g/mol. The highest BCUT2D eigenvalue weighted by molar-refractivity contribution is 5.81. The second-order valence-corrected chi connectivity index (χ2v) is 4.99. The maximum absolute atomic E-state index is 12.4. The normalized spacial score (nSPS) is 13.3. The van der Waals surface area contributed by atoms with Gasteiger partial charge >= 0.3 is 5.97 Å². The molecule has 0 aliphatic rings. The van der Waals surface area contributed by atoms with E-state index in [1.165, 1.54) is 0 Å². The molecule has 3 nitrogen and oxygen atoms in total. The van der Waals surface area contributed by atoms with Crippen LogP contribution in [0.3, 0.4) is 0 Å². The van der Waals surface area contributed by atoms with Crippen LogP contribution >= 0.6 is 0 Å². The summed E-state index contributed by atoms with van der Waals surface area (Å²) in [5.74, 6) is 0.288. The molecule has 0 saturated carbocycles. The summed E-state index contributed by atoms with van der Waals surface area (Å²) in [6.45, 7) is 5.80. The summed E-state index contributed by atoms with van der Waals surface area (Å²) in [4.78, 5) is 12.4. The topological polar surface area (TPSA) is 35.5 Å². The van der Waals surface area contributed by atoms with Gasteiger partial charge in [0.25, 0.3) is 0 Å². The van der Waals surface area contributed by atoms with Crippen LogP contribution in [0.4, 0.5) is 0 Å². The first kappa shape index (κ1) is 15.1. The zero-order valence-electron chi connectivity index (χ0n) is 12.6. The van der Waals surface area contributed by atoms with E-state index in [4.69, 9.17) is 9.47 Å².